The first-order valence-corrected chi connectivity index (χ1v) is 6.93. The van der Waals surface area contributed by atoms with Crippen molar-refractivity contribution in [1.29, 1.82) is 0 Å². The normalized spacial score (nSPS) is 11.0. The molecule has 0 amide bonds. The maximum absolute atomic E-state index is 6.20. The number of hydrogen-bond donors (Lipinski definition) is 0. The van der Waals surface area contributed by atoms with Gasteiger partial charge in [-0.1, -0.05) is 37.0 Å². The molecule has 0 N–H and O–H groups in total. The quantitative estimate of drug-likeness (QED) is 0.794. The van der Waals surface area contributed by atoms with E-state index >= 15 is 0 Å². The maximum Gasteiger partial charge on any atom is 0.270 e. The van der Waals surface area contributed by atoms with Gasteiger partial charge >= 0.3 is 0 Å². The van der Waals surface area contributed by atoms with Gasteiger partial charge in [0, 0.05) is 5.02 Å². The largest absolute Gasteiger partial charge is 0.435 e. The predicted octanol–water partition coefficient (Wildman–Crippen LogP) is 5.07. The molecule has 96 valence electrons. The van der Waals surface area contributed by atoms with Crippen LogP contribution in [0.25, 0.3) is 0 Å². The van der Waals surface area contributed by atoms with Crippen LogP contribution in [-0.4, -0.2) is 8.75 Å². The van der Waals surface area contributed by atoms with Gasteiger partial charge in [0.1, 0.15) is 5.75 Å². The summed E-state index contributed by atoms with van der Waals surface area (Å²) in [7, 11) is 0. The minimum atomic E-state index is 0.278. The number of benzene rings is 1. The van der Waals surface area contributed by atoms with E-state index in [1.807, 2.05) is 19.1 Å². The Labute approximate surface area is 120 Å². The van der Waals surface area contributed by atoms with Crippen LogP contribution in [0.2, 0.25) is 10.2 Å². The third-order valence-electron chi connectivity index (χ3n) is 2.54. The molecule has 0 aliphatic carbocycles. The van der Waals surface area contributed by atoms with Crippen LogP contribution in [0, 0.1) is 6.92 Å². The van der Waals surface area contributed by atoms with Crippen LogP contribution >= 0.6 is 34.9 Å². The van der Waals surface area contributed by atoms with E-state index in [2.05, 4.69) is 22.6 Å². The van der Waals surface area contributed by atoms with Crippen molar-refractivity contribution in [2.24, 2.45) is 0 Å². The van der Waals surface area contributed by atoms with Gasteiger partial charge in [0.25, 0.3) is 5.88 Å². The van der Waals surface area contributed by atoms with Crippen molar-refractivity contribution in [3.05, 3.63) is 33.4 Å². The second-order valence-electron chi connectivity index (χ2n) is 4.26. The molecule has 0 radical (unpaired) electrons. The zero-order valence-electron chi connectivity index (χ0n) is 10.2. The fraction of sp³-hybridized carbons (Fsp3) is 0.333. The van der Waals surface area contributed by atoms with Crippen LogP contribution in [0.15, 0.2) is 12.1 Å². The van der Waals surface area contributed by atoms with Crippen LogP contribution in [0.5, 0.6) is 11.6 Å². The summed E-state index contributed by atoms with van der Waals surface area (Å²) in [5.74, 6) is 1.36. The second kappa shape index (κ2) is 5.43. The standard InChI is InChI=1S/C12H12Cl2N2OS/c1-6(2)8-5-10(7(3)4-9(8)13)17-12-11(14)15-18-16-12/h4-6H,1-3H3. The van der Waals surface area contributed by atoms with Gasteiger partial charge < -0.3 is 4.74 Å². The van der Waals surface area contributed by atoms with Gasteiger partial charge in [0.2, 0.25) is 5.15 Å². The molecule has 0 aliphatic heterocycles. The summed E-state index contributed by atoms with van der Waals surface area (Å²) in [6.07, 6.45) is 0. The van der Waals surface area contributed by atoms with Crippen LogP contribution < -0.4 is 4.74 Å². The number of nitrogens with zero attached hydrogens (tertiary/aromatic N) is 2. The molecule has 1 heterocycles. The molecule has 1 aromatic heterocycles. The number of aromatic nitrogens is 2. The summed E-state index contributed by atoms with van der Waals surface area (Å²) in [6.45, 7) is 6.09. The lowest BCUT2D eigenvalue weighted by atomic mass is 10.0. The highest BCUT2D eigenvalue weighted by atomic mass is 35.5. The van der Waals surface area contributed by atoms with E-state index in [-0.39, 0.29) is 5.15 Å². The molecule has 0 saturated heterocycles. The molecule has 3 nitrogen and oxygen atoms in total. The molecule has 0 bridgehead atoms. The van der Waals surface area contributed by atoms with E-state index in [9.17, 15) is 0 Å². The summed E-state index contributed by atoms with van der Waals surface area (Å²) < 4.78 is 13.5. The molecule has 0 aliphatic rings. The average molecular weight is 303 g/mol. The van der Waals surface area contributed by atoms with Gasteiger partial charge in [0.15, 0.2) is 0 Å². The number of hydrogen-bond acceptors (Lipinski definition) is 4. The fourth-order valence-electron chi connectivity index (χ4n) is 1.56. The molecule has 2 rings (SSSR count). The van der Waals surface area contributed by atoms with Crippen LogP contribution in [-0.2, 0) is 0 Å². The second-order valence-corrected chi connectivity index (χ2v) is 5.55. The van der Waals surface area contributed by atoms with E-state index < -0.39 is 0 Å². The number of rotatable bonds is 3. The fourth-order valence-corrected chi connectivity index (χ4v) is 2.60. The minimum absolute atomic E-state index is 0.278. The van der Waals surface area contributed by atoms with E-state index in [1.165, 1.54) is 0 Å². The van der Waals surface area contributed by atoms with E-state index in [0.29, 0.717) is 17.5 Å². The summed E-state index contributed by atoms with van der Waals surface area (Å²) in [6, 6.07) is 3.82. The molecule has 1 aromatic carbocycles. The third kappa shape index (κ3) is 2.76. The molecule has 0 atom stereocenters. The Morgan fingerprint density at radius 1 is 1.22 bits per heavy atom. The van der Waals surface area contributed by atoms with Gasteiger partial charge in [-0.25, -0.2) is 0 Å². The number of halogens is 2. The van der Waals surface area contributed by atoms with Crippen molar-refractivity contribution < 1.29 is 4.74 Å². The Morgan fingerprint density at radius 3 is 2.50 bits per heavy atom. The number of ether oxygens (including phenoxy) is 1. The molecule has 6 heteroatoms. The molecule has 0 unspecified atom stereocenters. The summed E-state index contributed by atoms with van der Waals surface area (Å²) >= 11 is 13.1. The van der Waals surface area contributed by atoms with Crippen LogP contribution in [0.3, 0.4) is 0 Å². The van der Waals surface area contributed by atoms with Crippen LogP contribution in [0.1, 0.15) is 30.9 Å². The number of aryl methyl sites for hydroxylation is 1. The molecule has 0 fully saturated rings. The predicted molar refractivity (Wildman–Crippen MR) is 75.3 cm³/mol. The van der Waals surface area contributed by atoms with E-state index in [0.717, 1.165) is 27.9 Å². The van der Waals surface area contributed by atoms with Gasteiger partial charge in [-0.05, 0) is 36.1 Å². The molecule has 0 spiro atoms. The Morgan fingerprint density at radius 2 is 1.94 bits per heavy atom. The molecule has 0 saturated carbocycles. The average Bonchev–Trinajstić information content (AvgIpc) is 2.67. The first-order valence-electron chi connectivity index (χ1n) is 5.45. The smallest absolute Gasteiger partial charge is 0.270 e. The molecular weight excluding hydrogens is 291 g/mol. The SMILES string of the molecule is Cc1cc(Cl)c(C(C)C)cc1Oc1nsnc1Cl. The van der Waals surface area contributed by atoms with Crippen molar-refractivity contribution in [2.75, 3.05) is 0 Å². The first kappa shape index (κ1) is 13.6. The Balaban J connectivity index is 2.39. The first-order chi connectivity index (χ1) is 8.49. The van der Waals surface area contributed by atoms with Gasteiger partial charge in [0.05, 0.1) is 11.7 Å². The van der Waals surface area contributed by atoms with Gasteiger partial charge in [-0.2, -0.15) is 4.37 Å². The lowest BCUT2D eigenvalue weighted by Crippen LogP contribution is -1.94. The van der Waals surface area contributed by atoms with Crippen molar-refractivity contribution >= 4 is 34.9 Å². The highest BCUT2D eigenvalue weighted by Gasteiger charge is 2.13. The third-order valence-corrected chi connectivity index (χ3v) is 3.73. The maximum atomic E-state index is 6.20. The van der Waals surface area contributed by atoms with Crippen molar-refractivity contribution in [1.82, 2.24) is 8.75 Å². The summed E-state index contributed by atoms with van der Waals surface area (Å²) in [5, 5.41) is 1.03. The zero-order chi connectivity index (χ0) is 13.3. The highest BCUT2D eigenvalue weighted by Crippen LogP contribution is 2.35. The van der Waals surface area contributed by atoms with Crippen molar-refractivity contribution in [2.45, 2.75) is 26.7 Å². The van der Waals surface area contributed by atoms with E-state index in [4.69, 9.17) is 27.9 Å². The minimum Gasteiger partial charge on any atom is -0.435 e. The summed E-state index contributed by atoms with van der Waals surface area (Å²) in [4.78, 5) is 0. The Hall–Kier alpha value is -0.840. The topological polar surface area (TPSA) is 35.0 Å². The molecule has 2 aromatic rings. The Bertz CT molecular complexity index is 569. The molecule has 18 heavy (non-hydrogen) atoms. The highest BCUT2D eigenvalue weighted by molar-refractivity contribution is 6.99. The van der Waals surface area contributed by atoms with Crippen molar-refractivity contribution in [3.8, 4) is 11.6 Å². The Kier molecular flexibility index (Phi) is 4.10. The molecular formula is C12H12Cl2N2OS. The summed E-state index contributed by atoms with van der Waals surface area (Å²) in [5.41, 5.74) is 1.98. The lowest BCUT2D eigenvalue weighted by molar-refractivity contribution is 0.463. The van der Waals surface area contributed by atoms with Crippen molar-refractivity contribution in [3.63, 3.8) is 0 Å². The van der Waals surface area contributed by atoms with Gasteiger partial charge in [-0.15, -0.1) is 4.37 Å². The monoisotopic (exact) mass is 302 g/mol. The lowest BCUT2D eigenvalue weighted by Gasteiger charge is -2.13. The van der Waals surface area contributed by atoms with E-state index in [1.54, 1.807) is 0 Å². The zero-order valence-corrected chi connectivity index (χ0v) is 12.5. The van der Waals surface area contributed by atoms with Gasteiger partial charge in [-0.3, -0.25) is 0 Å². The van der Waals surface area contributed by atoms with Crippen LogP contribution in [0.4, 0.5) is 0 Å².